The summed E-state index contributed by atoms with van der Waals surface area (Å²) in [6.07, 6.45) is 5.43. The molecule has 76 valence electrons. The Morgan fingerprint density at radius 1 is 1.38 bits per heavy atom. The fourth-order valence-corrected chi connectivity index (χ4v) is 2.26. The Morgan fingerprint density at radius 2 is 2.31 bits per heavy atom. The van der Waals surface area contributed by atoms with Crippen molar-refractivity contribution in [3.63, 3.8) is 0 Å². The third kappa shape index (κ3) is 2.66. The zero-order chi connectivity index (χ0) is 9.10. The van der Waals surface area contributed by atoms with Crippen LogP contribution in [-0.4, -0.2) is 43.3 Å². The number of nitrogens with zero attached hydrogens (tertiary/aromatic N) is 1. The van der Waals surface area contributed by atoms with E-state index in [0.29, 0.717) is 12.1 Å². The Kier molecular flexibility index (Phi) is 3.19. The van der Waals surface area contributed by atoms with E-state index in [1.165, 1.54) is 38.8 Å². The van der Waals surface area contributed by atoms with E-state index in [2.05, 4.69) is 4.90 Å². The molecule has 0 aromatic carbocycles. The molecule has 0 saturated carbocycles. The van der Waals surface area contributed by atoms with Crippen LogP contribution < -0.4 is 5.73 Å². The predicted octanol–water partition coefficient (Wildman–Crippen LogP) is 0.588. The highest BCUT2D eigenvalue weighted by Gasteiger charge is 2.21. The lowest BCUT2D eigenvalue weighted by Crippen LogP contribution is -2.28. The molecule has 0 aromatic heterocycles. The average molecular weight is 184 g/mol. The highest BCUT2D eigenvalue weighted by atomic mass is 16.5. The molecular formula is C10H20N2O. The van der Waals surface area contributed by atoms with Crippen LogP contribution in [0.15, 0.2) is 0 Å². The van der Waals surface area contributed by atoms with Crippen LogP contribution in [0.25, 0.3) is 0 Å². The molecule has 0 aliphatic carbocycles. The Morgan fingerprint density at radius 3 is 2.92 bits per heavy atom. The monoisotopic (exact) mass is 184 g/mol. The molecule has 2 N–H and O–H groups in total. The van der Waals surface area contributed by atoms with Crippen LogP contribution in [0.2, 0.25) is 0 Å². The van der Waals surface area contributed by atoms with Crippen molar-refractivity contribution in [2.75, 3.05) is 26.2 Å². The number of hydrogen-bond acceptors (Lipinski definition) is 3. The quantitative estimate of drug-likeness (QED) is 0.697. The summed E-state index contributed by atoms with van der Waals surface area (Å²) in [6, 6.07) is 0.421. The molecule has 0 amide bonds. The van der Waals surface area contributed by atoms with Crippen LogP contribution in [-0.2, 0) is 4.74 Å². The van der Waals surface area contributed by atoms with Gasteiger partial charge in [0.2, 0.25) is 0 Å². The van der Waals surface area contributed by atoms with Crippen molar-refractivity contribution < 1.29 is 4.74 Å². The Bertz CT molecular complexity index is 157. The van der Waals surface area contributed by atoms with Crippen LogP contribution in [0.4, 0.5) is 0 Å². The number of likely N-dealkylation sites (tertiary alicyclic amines) is 1. The van der Waals surface area contributed by atoms with Crippen LogP contribution in [0.1, 0.15) is 25.7 Å². The molecule has 3 nitrogen and oxygen atoms in total. The first-order valence-corrected chi connectivity index (χ1v) is 5.44. The molecule has 2 rings (SSSR count). The summed E-state index contributed by atoms with van der Waals surface area (Å²) < 4.78 is 5.58. The fourth-order valence-electron chi connectivity index (χ4n) is 2.26. The van der Waals surface area contributed by atoms with Crippen molar-refractivity contribution in [1.29, 1.82) is 0 Å². The second-order valence-electron chi connectivity index (χ2n) is 4.27. The lowest BCUT2D eigenvalue weighted by molar-refractivity contribution is 0.0948. The minimum atomic E-state index is 0.421. The number of rotatable bonds is 3. The Balaban J connectivity index is 1.62. The van der Waals surface area contributed by atoms with Crippen LogP contribution in [0, 0.1) is 0 Å². The highest BCUT2D eigenvalue weighted by Crippen LogP contribution is 2.17. The van der Waals surface area contributed by atoms with Gasteiger partial charge in [0.05, 0.1) is 6.10 Å². The molecule has 13 heavy (non-hydrogen) atoms. The molecule has 2 unspecified atom stereocenters. The largest absolute Gasteiger partial charge is 0.378 e. The predicted molar refractivity (Wildman–Crippen MR) is 52.6 cm³/mol. The third-order valence-corrected chi connectivity index (χ3v) is 3.10. The zero-order valence-corrected chi connectivity index (χ0v) is 8.24. The molecule has 0 spiro atoms. The van der Waals surface area contributed by atoms with Gasteiger partial charge in [0, 0.05) is 25.7 Å². The summed E-state index contributed by atoms with van der Waals surface area (Å²) in [5.41, 5.74) is 5.84. The van der Waals surface area contributed by atoms with Crippen LogP contribution in [0.5, 0.6) is 0 Å². The molecule has 0 radical (unpaired) electrons. The molecule has 2 heterocycles. The van der Waals surface area contributed by atoms with E-state index in [1.807, 2.05) is 0 Å². The summed E-state index contributed by atoms with van der Waals surface area (Å²) in [7, 11) is 0. The van der Waals surface area contributed by atoms with Crippen molar-refractivity contribution in [2.24, 2.45) is 5.73 Å². The summed E-state index contributed by atoms with van der Waals surface area (Å²) in [4.78, 5) is 2.46. The first-order chi connectivity index (χ1) is 6.34. The van der Waals surface area contributed by atoms with Crippen molar-refractivity contribution in [2.45, 2.75) is 37.8 Å². The van der Waals surface area contributed by atoms with Gasteiger partial charge in [-0.1, -0.05) is 0 Å². The van der Waals surface area contributed by atoms with Crippen molar-refractivity contribution >= 4 is 0 Å². The van der Waals surface area contributed by atoms with E-state index in [0.717, 1.165) is 13.2 Å². The lowest BCUT2D eigenvalue weighted by Gasteiger charge is -2.17. The molecular weight excluding hydrogens is 164 g/mol. The highest BCUT2D eigenvalue weighted by molar-refractivity contribution is 4.78. The topological polar surface area (TPSA) is 38.5 Å². The lowest BCUT2D eigenvalue weighted by atomic mass is 10.2. The third-order valence-electron chi connectivity index (χ3n) is 3.10. The fraction of sp³-hybridized carbons (Fsp3) is 1.00. The van der Waals surface area contributed by atoms with E-state index in [9.17, 15) is 0 Å². The zero-order valence-electron chi connectivity index (χ0n) is 8.24. The molecule has 3 heteroatoms. The molecule has 0 bridgehead atoms. The number of nitrogens with two attached hydrogens (primary N) is 1. The van der Waals surface area contributed by atoms with Crippen molar-refractivity contribution in [3.05, 3.63) is 0 Å². The van der Waals surface area contributed by atoms with Gasteiger partial charge in [0.25, 0.3) is 0 Å². The Hall–Kier alpha value is -0.120. The van der Waals surface area contributed by atoms with Gasteiger partial charge >= 0.3 is 0 Å². The van der Waals surface area contributed by atoms with Gasteiger partial charge in [0.15, 0.2) is 0 Å². The van der Waals surface area contributed by atoms with Gasteiger partial charge < -0.3 is 15.4 Å². The molecule has 0 aromatic rings. The minimum absolute atomic E-state index is 0.421. The SMILES string of the molecule is NC1CCN(CCC2CCCO2)C1. The van der Waals surface area contributed by atoms with Gasteiger partial charge in [-0.3, -0.25) is 0 Å². The molecule has 2 aliphatic heterocycles. The van der Waals surface area contributed by atoms with Gasteiger partial charge in [-0.2, -0.15) is 0 Å². The summed E-state index contributed by atoms with van der Waals surface area (Å²) in [5.74, 6) is 0. The van der Waals surface area contributed by atoms with E-state index in [4.69, 9.17) is 10.5 Å². The maximum absolute atomic E-state index is 5.84. The average Bonchev–Trinajstić information content (AvgIpc) is 2.71. The first kappa shape index (κ1) is 9.44. The second kappa shape index (κ2) is 4.40. The van der Waals surface area contributed by atoms with Crippen LogP contribution in [0.3, 0.4) is 0 Å². The molecule has 2 atom stereocenters. The van der Waals surface area contributed by atoms with Gasteiger partial charge in [-0.15, -0.1) is 0 Å². The van der Waals surface area contributed by atoms with Gasteiger partial charge in [-0.05, 0) is 32.2 Å². The van der Waals surface area contributed by atoms with E-state index < -0.39 is 0 Å². The summed E-state index contributed by atoms with van der Waals surface area (Å²) in [5, 5.41) is 0. The van der Waals surface area contributed by atoms with Crippen LogP contribution >= 0.6 is 0 Å². The number of ether oxygens (including phenoxy) is 1. The molecule has 2 aliphatic rings. The van der Waals surface area contributed by atoms with E-state index in [1.54, 1.807) is 0 Å². The summed E-state index contributed by atoms with van der Waals surface area (Å²) >= 11 is 0. The second-order valence-corrected chi connectivity index (χ2v) is 4.27. The van der Waals surface area contributed by atoms with Crippen molar-refractivity contribution in [1.82, 2.24) is 4.90 Å². The van der Waals surface area contributed by atoms with E-state index in [-0.39, 0.29) is 0 Å². The summed E-state index contributed by atoms with van der Waals surface area (Å²) in [6.45, 7) is 4.43. The minimum Gasteiger partial charge on any atom is -0.378 e. The Labute approximate surface area is 80.2 Å². The maximum Gasteiger partial charge on any atom is 0.0588 e. The van der Waals surface area contributed by atoms with Crippen molar-refractivity contribution in [3.8, 4) is 0 Å². The van der Waals surface area contributed by atoms with Gasteiger partial charge in [0.1, 0.15) is 0 Å². The molecule has 2 saturated heterocycles. The van der Waals surface area contributed by atoms with E-state index >= 15 is 0 Å². The number of hydrogen-bond donors (Lipinski definition) is 1. The maximum atomic E-state index is 5.84. The first-order valence-electron chi connectivity index (χ1n) is 5.44. The molecule has 2 fully saturated rings. The smallest absolute Gasteiger partial charge is 0.0588 e. The van der Waals surface area contributed by atoms with Gasteiger partial charge in [-0.25, -0.2) is 0 Å². The standard InChI is InChI=1S/C10H20N2O/c11-9-3-5-12(8-9)6-4-10-2-1-7-13-10/h9-10H,1-8,11H2. The normalized spacial score (nSPS) is 35.8.